The van der Waals surface area contributed by atoms with Gasteiger partial charge >= 0.3 is 0 Å². The summed E-state index contributed by atoms with van der Waals surface area (Å²) in [5, 5.41) is 2.40. The Labute approximate surface area is 240 Å². The van der Waals surface area contributed by atoms with Gasteiger partial charge < -0.3 is 14.5 Å². The van der Waals surface area contributed by atoms with Crippen LogP contribution in [0, 0.1) is 34.6 Å². The maximum Gasteiger partial charge on any atom is 0.158 e. The molecule has 6 heteroatoms. The van der Waals surface area contributed by atoms with Crippen LogP contribution in [0.2, 0.25) is 0 Å². The fraction of sp³-hybridized carbons (Fsp3) is 0.200. The molecule has 0 fully saturated rings. The van der Waals surface area contributed by atoms with E-state index < -0.39 is 0 Å². The second-order valence-corrected chi connectivity index (χ2v) is 11.4. The molecule has 204 valence electrons. The first-order chi connectivity index (χ1) is 19.7. The van der Waals surface area contributed by atoms with Gasteiger partial charge in [-0.05, 0) is 105 Å². The molecule has 0 saturated carbocycles. The summed E-state index contributed by atoms with van der Waals surface area (Å²) in [6, 6.07) is 25.8. The van der Waals surface area contributed by atoms with E-state index in [1.165, 1.54) is 21.9 Å². The molecule has 0 aliphatic carbocycles. The lowest BCUT2D eigenvalue weighted by atomic mass is 10.1. The van der Waals surface area contributed by atoms with Crippen LogP contribution >= 0.6 is 0 Å². The van der Waals surface area contributed by atoms with Crippen molar-refractivity contribution in [2.24, 2.45) is 0 Å². The number of rotatable bonds is 4. The zero-order valence-electron chi connectivity index (χ0n) is 24.4. The van der Waals surface area contributed by atoms with Crippen molar-refractivity contribution in [1.29, 1.82) is 0 Å². The van der Waals surface area contributed by atoms with Crippen molar-refractivity contribution >= 4 is 39.0 Å². The second kappa shape index (κ2) is 9.37. The lowest BCUT2D eigenvalue weighted by molar-refractivity contribution is 0.479. The van der Waals surface area contributed by atoms with E-state index in [9.17, 15) is 0 Å². The highest BCUT2D eigenvalue weighted by Crippen LogP contribution is 2.41. The van der Waals surface area contributed by atoms with Crippen molar-refractivity contribution < 1.29 is 4.74 Å². The van der Waals surface area contributed by atoms with Gasteiger partial charge in [0.05, 0.1) is 23.4 Å². The number of pyridine rings is 2. The number of fused-ring (bicyclic) bond motifs is 4. The van der Waals surface area contributed by atoms with Gasteiger partial charge in [-0.15, -0.1) is 0 Å². The lowest BCUT2D eigenvalue weighted by Gasteiger charge is -2.20. The summed E-state index contributed by atoms with van der Waals surface area (Å²) < 4.78 is 8.93. The molecule has 0 amide bonds. The summed E-state index contributed by atoms with van der Waals surface area (Å²) in [5.41, 5.74) is 10.0. The van der Waals surface area contributed by atoms with Gasteiger partial charge in [-0.3, -0.25) is 4.57 Å². The molecule has 1 aliphatic heterocycles. The summed E-state index contributed by atoms with van der Waals surface area (Å²) in [4.78, 5) is 14.1. The van der Waals surface area contributed by atoms with Crippen molar-refractivity contribution in [3.8, 4) is 17.3 Å². The van der Waals surface area contributed by atoms with Crippen molar-refractivity contribution in [3.05, 3.63) is 107 Å². The molecule has 0 radical (unpaired) electrons. The number of aromatic nitrogens is 3. The Kier molecular flexibility index (Phi) is 5.75. The van der Waals surface area contributed by atoms with E-state index in [0.717, 1.165) is 69.0 Å². The Hall–Kier alpha value is -4.84. The summed E-state index contributed by atoms with van der Waals surface area (Å²) in [7, 11) is 2.10. The summed E-state index contributed by atoms with van der Waals surface area (Å²) in [6.07, 6.45) is 1.88. The van der Waals surface area contributed by atoms with E-state index in [-0.39, 0.29) is 0 Å². The van der Waals surface area contributed by atoms with E-state index >= 15 is 0 Å². The third kappa shape index (κ3) is 4.27. The first-order valence-electron chi connectivity index (χ1n) is 14.0. The predicted octanol–water partition coefficient (Wildman–Crippen LogP) is 8.45. The van der Waals surface area contributed by atoms with Gasteiger partial charge in [0.2, 0.25) is 0 Å². The number of aryl methyl sites for hydroxylation is 5. The first-order valence-corrected chi connectivity index (χ1v) is 14.0. The average molecular weight is 540 g/mol. The summed E-state index contributed by atoms with van der Waals surface area (Å²) in [5.74, 6) is 3.52. The smallest absolute Gasteiger partial charge is 0.158 e. The molecule has 0 unspecified atom stereocenters. The molecule has 3 aromatic heterocycles. The Morgan fingerprint density at radius 1 is 0.732 bits per heavy atom. The summed E-state index contributed by atoms with van der Waals surface area (Å²) in [6.45, 7) is 11.2. The molecule has 3 aromatic carbocycles. The molecule has 0 atom stereocenters. The number of benzene rings is 3. The molecule has 41 heavy (non-hydrogen) atoms. The van der Waals surface area contributed by atoms with Crippen molar-refractivity contribution in [1.82, 2.24) is 14.5 Å². The Morgan fingerprint density at radius 3 is 2.37 bits per heavy atom. The van der Waals surface area contributed by atoms with Gasteiger partial charge in [0, 0.05) is 47.5 Å². The highest BCUT2D eigenvalue weighted by molar-refractivity contribution is 6.10. The van der Waals surface area contributed by atoms with Crippen LogP contribution in [0.15, 0.2) is 79.0 Å². The average Bonchev–Trinajstić information content (AvgIpc) is 3.41. The molecule has 0 bridgehead atoms. The van der Waals surface area contributed by atoms with Gasteiger partial charge in [0.1, 0.15) is 17.3 Å². The van der Waals surface area contributed by atoms with Crippen molar-refractivity contribution in [2.75, 3.05) is 23.5 Å². The molecule has 6 aromatic rings. The minimum Gasteiger partial charge on any atom is -0.457 e. The monoisotopic (exact) mass is 539 g/mol. The van der Waals surface area contributed by atoms with E-state index in [1.54, 1.807) is 0 Å². The zero-order valence-corrected chi connectivity index (χ0v) is 24.4. The van der Waals surface area contributed by atoms with Crippen LogP contribution in [-0.4, -0.2) is 28.3 Å². The van der Waals surface area contributed by atoms with E-state index in [1.807, 2.05) is 19.2 Å². The number of hydrogen-bond donors (Lipinski definition) is 0. The van der Waals surface area contributed by atoms with E-state index in [4.69, 9.17) is 14.7 Å². The Bertz CT molecular complexity index is 1990. The van der Waals surface area contributed by atoms with Gasteiger partial charge in [0.25, 0.3) is 0 Å². The van der Waals surface area contributed by atoms with E-state index in [2.05, 4.69) is 116 Å². The van der Waals surface area contributed by atoms with Crippen LogP contribution in [-0.2, 0) is 0 Å². The maximum atomic E-state index is 6.68. The number of anilines is 3. The van der Waals surface area contributed by atoms with E-state index in [0.29, 0.717) is 0 Å². The predicted molar refractivity (Wildman–Crippen MR) is 168 cm³/mol. The SMILES string of the molecule is Cc1cc(Oc2cc3c(cc2C)c2ccc(C)cc2n3-c2cc(C)ccn2)cc(N2CN(C)c3ccc(C)nc32)c1. The van der Waals surface area contributed by atoms with Gasteiger partial charge in [0.15, 0.2) is 5.82 Å². The Morgan fingerprint density at radius 2 is 1.54 bits per heavy atom. The van der Waals surface area contributed by atoms with Gasteiger partial charge in [-0.1, -0.05) is 12.1 Å². The highest BCUT2D eigenvalue weighted by atomic mass is 16.5. The molecule has 0 saturated heterocycles. The second-order valence-electron chi connectivity index (χ2n) is 11.4. The standard InChI is InChI=1S/C35H33N5O/c1-21-7-9-28-29-17-24(4)33(19-32(29)40(31(28)15-21)34-16-22(2)11-12-36-34)41-27-14-23(3)13-26(18-27)39-20-38(6)30-10-8-25(5)37-35(30)39/h7-19H,20H2,1-6H3. The van der Waals surface area contributed by atoms with Crippen LogP contribution < -0.4 is 14.5 Å². The largest absolute Gasteiger partial charge is 0.457 e. The Balaban J connectivity index is 1.35. The van der Waals surface area contributed by atoms with Gasteiger partial charge in [-0.25, -0.2) is 9.97 Å². The van der Waals surface area contributed by atoms with Crippen molar-refractivity contribution in [2.45, 2.75) is 34.6 Å². The molecule has 0 N–H and O–H groups in total. The normalized spacial score (nSPS) is 12.9. The van der Waals surface area contributed by atoms with Crippen molar-refractivity contribution in [3.63, 3.8) is 0 Å². The first kappa shape index (κ1) is 25.1. The molecule has 1 aliphatic rings. The quantitative estimate of drug-likeness (QED) is 0.225. The molecular formula is C35H33N5O. The zero-order chi connectivity index (χ0) is 28.4. The van der Waals surface area contributed by atoms with Crippen LogP contribution in [0.5, 0.6) is 11.5 Å². The number of nitrogens with zero attached hydrogens (tertiary/aromatic N) is 5. The van der Waals surface area contributed by atoms with Crippen LogP contribution in [0.4, 0.5) is 17.2 Å². The fourth-order valence-electron chi connectivity index (χ4n) is 5.92. The minimum absolute atomic E-state index is 0.739. The van der Waals surface area contributed by atoms with Crippen LogP contribution in [0.3, 0.4) is 0 Å². The molecule has 4 heterocycles. The number of hydrogen-bond acceptors (Lipinski definition) is 5. The third-order valence-electron chi connectivity index (χ3n) is 7.94. The van der Waals surface area contributed by atoms with Crippen LogP contribution in [0.25, 0.3) is 27.6 Å². The summed E-state index contributed by atoms with van der Waals surface area (Å²) >= 11 is 0. The molecule has 7 rings (SSSR count). The topological polar surface area (TPSA) is 46.4 Å². The fourth-order valence-corrected chi connectivity index (χ4v) is 5.92. The maximum absolute atomic E-state index is 6.68. The molecule has 6 nitrogen and oxygen atoms in total. The lowest BCUT2D eigenvalue weighted by Crippen LogP contribution is -2.24. The van der Waals surface area contributed by atoms with Gasteiger partial charge in [-0.2, -0.15) is 0 Å². The van der Waals surface area contributed by atoms with Crippen LogP contribution in [0.1, 0.15) is 27.9 Å². The minimum atomic E-state index is 0.739. The third-order valence-corrected chi connectivity index (χ3v) is 7.94. The highest BCUT2D eigenvalue weighted by Gasteiger charge is 2.27. The molecule has 0 spiro atoms. The molecular weight excluding hydrogens is 506 g/mol. The number of ether oxygens (including phenoxy) is 1.